The molecule has 0 saturated carbocycles. The van der Waals surface area contributed by atoms with Gasteiger partial charge < -0.3 is 9.67 Å². The largest absolute Gasteiger partial charge is 0.478 e. The highest BCUT2D eigenvalue weighted by Gasteiger charge is 2.17. The van der Waals surface area contributed by atoms with Crippen molar-refractivity contribution in [3.63, 3.8) is 0 Å². The molecule has 0 aliphatic rings. The monoisotopic (exact) mass is 352 g/mol. The molecule has 26 heavy (non-hydrogen) atoms. The Morgan fingerprint density at radius 1 is 1.08 bits per heavy atom. The lowest BCUT2D eigenvalue weighted by Crippen LogP contribution is -1.98. The van der Waals surface area contributed by atoms with Crippen molar-refractivity contribution in [2.24, 2.45) is 0 Å². The lowest BCUT2D eigenvalue weighted by molar-refractivity contribution is -0.384. The molecule has 0 unspecified atom stereocenters. The van der Waals surface area contributed by atoms with Gasteiger partial charge in [-0.1, -0.05) is 36.8 Å². The number of carbonyl (C=O) groups is 1. The first-order chi connectivity index (χ1) is 12.6. The first-order valence-electron chi connectivity index (χ1n) is 8.61. The molecule has 2 aromatic carbocycles. The van der Waals surface area contributed by atoms with Gasteiger partial charge in [0.15, 0.2) is 0 Å². The zero-order chi connectivity index (χ0) is 18.5. The van der Waals surface area contributed by atoms with Crippen molar-refractivity contribution in [2.75, 3.05) is 0 Å². The summed E-state index contributed by atoms with van der Waals surface area (Å²) >= 11 is 0. The van der Waals surface area contributed by atoms with Crippen molar-refractivity contribution in [1.29, 1.82) is 0 Å². The van der Waals surface area contributed by atoms with Gasteiger partial charge in [0.2, 0.25) is 0 Å². The maximum atomic E-state index is 11.5. The van der Waals surface area contributed by atoms with Crippen LogP contribution < -0.4 is 0 Å². The zero-order valence-corrected chi connectivity index (χ0v) is 14.3. The minimum atomic E-state index is -1.07. The van der Waals surface area contributed by atoms with Crippen molar-refractivity contribution in [1.82, 2.24) is 4.57 Å². The molecule has 6 heteroatoms. The van der Waals surface area contributed by atoms with Crippen LogP contribution in [0.5, 0.6) is 0 Å². The van der Waals surface area contributed by atoms with E-state index in [1.165, 1.54) is 17.7 Å². The van der Waals surface area contributed by atoms with Gasteiger partial charge in [-0.3, -0.25) is 10.1 Å². The maximum absolute atomic E-state index is 11.5. The van der Waals surface area contributed by atoms with E-state index in [1.54, 1.807) is 12.3 Å². The number of carboxylic acid groups (broad SMARTS) is 1. The summed E-state index contributed by atoms with van der Waals surface area (Å²) in [6.07, 6.45) is 5.63. The third-order valence-electron chi connectivity index (χ3n) is 4.51. The van der Waals surface area contributed by atoms with Crippen molar-refractivity contribution < 1.29 is 14.8 Å². The van der Waals surface area contributed by atoms with Crippen LogP contribution in [0.25, 0.3) is 10.9 Å². The molecule has 0 spiro atoms. The second-order valence-electron chi connectivity index (χ2n) is 6.30. The molecule has 0 aliphatic carbocycles. The van der Waals surface area contributed by atoms with E-state index in [4.69, 9.17) is 0 Å². The van der Waals surface area contributed by atoms with E-state index < -0.39 is 10.9 Å². The number of hydrogen-bond donors (Lipinski definition) is 1. The average molecular weight is 352 g/mol. The van der Waals surface area contributed by atoms with Crippen LogP contribution in [0.3, 0.4) is 0 Å². The number of nitro groups is 1. The number of nitrogens with zero attached hydrogens (tertiary/aromatic N) is 2. The van der Waals surface area contributed by atoms with Gasteiger partial charge in [0, 0.05) is 35.8 Å². The molecule has 0 amide bonds. The van der Waals surface area contributed by atoms with E-state index in [1.807, 2.05) is 22.8 Å². The SMILES string of the molecule is O=C(O)c1cn(CCCCCc2ccccc2)c2ccc([N+](=O)[O-])cc12. The second-order valence-corrected chi connectivity index (χ2v) is 6.30. The molecule has 3 aromatic rings. The van der Waals surface area contributed by atoms with E-state index in [9.17, 15) is 20.0 Å². The molecular formula is C20H20N2O4. The standard InChI is InChI=1S/C20H20N2O4/c23-20(24)18-14-21(19-11-10-16(22(25)26)13-17(18)19)12-6-2-5-9-15-7-3-1-4-8-15/h1,3-4,7-8,10-11,13-14H,2,5-6,9,12H2,(H,23,24). The van der Waals surface area contributed by atoms with Crippen LogP contribution in [0.1, 0.15) is 35.2 Å². The number of nitro benzene ring substituents is 1. The first kappa shape index (κ1) is 17.7. The third-order valence-corrected chi connectivity index (χ3v) is 4.51. The highest BCUT2D eigenvalue weighted by Crippen LogP contribution is 2.26. The Kier molecular flexibility index (Phi) is 5.31. The highest BCUT2D eigenvalue weighted by atomic mass is 16.6. The zero-order valence-electron chi connectivity index (χ0n) is 14.3. The molecule has 6 nitrogen and oxygen atoms in total. The molecule has 1 N–H and O–H groups in total. The number of aromatic nitrogens is 1. The van der Waals surface area contributed by atoms with E-state index in [2.05, 4.69) is 12.1 Å². The molecule has 0 aliphatic heterocycles. The van der Waals surface area contributed by atoms with Gasteiger partial charge in [-0.25, -0.2) is 4.79 Å². The number of carboxylic acids is 1. The number of fused-ring (bicyclic) bond motifs is 1. The average Bonchev–Trinajstić information content (AvgIpc) is 3.00. The Labute approximate surface area is 150 Å². The normalized spacial score (nSPS) is 10.9. The molecule has 134 valence electrons. The Balaban J connectivity index is 1.67. The molecule has 1 aromatic heterocycles. The molecular weight excluding hydrogens is 332 g/mol. The fourth-order valence-electron chi connectivity index (χ4n) is 3.19. The lowest BCUT2D eigenvalue weighted by Gasteiger charge is -2.06. The van der Waals surface area contributed by atoms with E-state index >= 15 is 0 Å². The number of benzene rings is 2. The van der Waals surface area contributed by atoms with Crippen molar-refractivity contribution in [3.05, 3.63) is 76.0 Å². The predicted octanol–water partition coefficient (Wildman–Crippen LogP) is 4.66. The fourth-order valence-corrected chi connectivity index (χ4v) is 3.19. The van der Waals surface area contributed by atoms with Crippen LogP contribution in [0.15, 0.2) is 54.7 Å². The number of unbranched alkanes of at least 4 members (excludes halogenated alkanes) is 2. The summed E-state index contributed by atoms with van der Waals surface area (Å²) in [7, 11) is 0. The summed E-state index contributed by atoms with van der Waals surface area (Å²) in [4.78, 5) is 21.9. The van der Waals surface area contributed by atoms with Crippen molar-refractivity contribution in [2.45, 2.75) is 32.2 Å². The van der Waals surface area contributed by atoms with Gasteiger partial charge in [-0.05, 0) is 30.9 Å². The summed E-state index contributed by atoms with van der Waals surface area (Å²) in [5.41, 5.74) is 2.05. The van der Waals surface area contributed by atoms with Crippen LogP contribution in [0.4, 0.5) is 5.69 Å². The molecule has 3 rings (SSSR count). The van der Waals surface area contributed by atoms with E-state index in [-0.39, 0.29) is 11.3 Å². The Morgan fingerprint density at radius 2 is 1.85 bits per heavy atom. The number of aromatic carboxylic acids is 1. The second kappa shape index (κ2) is 7.82. The maximum Gasteiger partial charge on any atom is 0.337 e. The van der Waals surface area contributed by atoms with Gasteiger partial charge in [0.1, 0.15) is 0 Å². The van der Waals surface area contributed by atoms with Gasteiger partial charge in [0.05, 0.1) is 10.5 Å². The van der Waals surface area contributed by atoms with Gasteiger partial charge in [-0.15, -0.1) is 0 Å². The summed E-state index contributed by atoms with van der Waals surface area (Å²) in [5.74, 6) is -1.07. The predicted molar refractivity (Wildman–Crippen MR) is 99.5 cm³/mol. The Bertz CT molecular complexity index is 932. The minimum absolute atomic E-state index is 0.0967. The summed E-state index contributed by atoms with van der Waals surface area (Å²) in [5, 5.41) is 20.7. The van der Waals surface area contributed by atoms with Crippen LogP contribution in [0, 0.1) is 10.1 Å². The molecule has 0 fully saturated rings. The lowest BCUT2D eigenvalue weighted by atomic mass is 10.1. The summed E-state index contributed by atoms with van der Waals surface area (Å²) in [6.45, 7) is 0.691. The molecule has 0 bridgehead atoms. The first-order valence-corrected chi connectivity index (χ1v) is 8.61. The number of rotatable bonds is 8. The van der Waals surface area contributed by atoms with Gasteiger partial charge >= 0.3 is 5.97 Å². The molecule has 1 heterocycles. The number of aryl methyl sites for hydroxylation is 2. The van der Waals surface area contributed by atoms with Gasteiger partial charge in [0.25, 0.3) is 5.69 Å². The molecule has 0 radical (unpaired) electrons. The summed E-state index contributed by atoms with van der Waals surface area (Å²) in [6, 6.07) is 14.7. The topological polar surface area (TPSA) is 85.4 Å². The summed E-state index contributed by atoms with van der Waals surface area (Å²) < 4.78 is 1.88. The molecule has 0 saturated heterocycles. The van der Waals surface area contributed by atoms with Crippen molar-refractivity contribution in [3.8, 4) is 0 Å². The van der Waals surface area contributed by atoms with E-state index in [0.717, 1.165) is 31.2 Å². The minimum Gasteiger partial charge on any atom is -0.478 e. The molecule has 0 atom stereocenters. The van der Waals surface area contributed by atoms with Crippen molar-refractivity contribution >= 4 is 22.6 Å². The fraction of sp³-hybridized carbons (Fsp3) is 0.250. The van der Waals surface area contributed by atoms with Crippen LogP contribution >= 0.6 is 0 Å². The number of hydrogen-bond acceptors (Lipinski definition) is 3. The van der Waals surface area contributed by atoms with Crippen LogP contribution in [0.2, 0.25) is 0 Å². The number of non-ortho nitro benzene ring substituents is 1. The highest BCUT2D eigenvalue weighted by molar-refractivity contribution is 6.04. The quantitative estimate of drug-likeness (QED) is 0.363. The third kappa shape index (κ3) is 3.91. The smallest absolute Gasteiger partial charge is 0.337 e. The van der Waals surface area contributed by atoms with E-state index in [0.29, 0.717) is 11.9 Å². The Morgan fingerprint density at radius 3 is 2.54 bits per heavy atom. The van der Waals surface area contributed by atoms with Crippen LogP contribution in [-0.2, 0) is 13.0 Å². The Hall–Kier alpha value is -3.15. The van der Waals surface area contributed by atoms with Crippen LogP contribution in [-0.4, -0.2) is 20.6 Å². The van der Waals surface area contributed by atoms with Gasteiger partial charge in [-0.2, -0.15) is 0 Å².